The van der Waals surface area contributed by atoms with Crippen LogP contribution in [0.25, 0.3) is 0 Å². The third-order valence-electron chi connectivity index (χ3n) is 5.23. The number of hydrogen-bond acceptors (Lipinski definition) is 3. The summed E-state index contributed by atoms with van der Waals surface area (Å²) < 4.78 is 6.99. The number of hydrogen-bond donors (Lipinski definition) is 1. The summed E-state index contributed by atoms with van der Waals surface area (Å²) in [6.45, 7) is 3.41. The quantitative estimate of drug-likeness (QED) is 0.892. The third-order valence-corrected chi connectivity index (χ3v) is 5.23. The second-order valence-corrected chi connectivity index (χ2v) is 7.01. The molecular weight excluding hydrogens is 306 g/mol. The van der Waals surface area contributed by atoms with Gasteiger partial charge in [-0.1, -0.05) is 6.92 Å². The van der Waals surface area contributed by atoms with Crippen molar-refractivity contribution in [3.05, 3.63) is 24.0 Å². The molecule has 2 amide bonds. The first-order valence-corrected chi connectivity index (χ1v) is 8.84. The first-order valence-electron chi connectivity index (χ1n) is 8.84. The maximum Gasteiger partial charge on any atom is 0.249 e. The van der Waals surface area contributed by atoms with E-state index < -0.39 is 6.04 Å². The smallest absolute Gasteiger partial charge is 0.249 e. The van der Waals surface area contributed by atoms with Crippen molar-refractivity contribution < 1.29 is 14.3 Å². The number of amides is 2. The minimum atomic E-state index is -0.559. The van der Waals surface area contributed by atoms with Crippen LogP contribution in [-0.2, 0) is 20.9 Å². The van der Waals surface area contributed by atoms with Gasteiger partial charge in [0.1, 0.15) is 6.54 Å². The van der Waals surface area contributed by atoms with Crippen molar-refractivity contribution in [3.8, 4) is 0 Å². The van der Waals surface area contributed by atoms with Crippen molar-refractivity contribution in [1.82, 2.24) is 14.8 Å². The van der Waals surface area contributed by atoms with Gasteiger partial charge in [0.15, 0.2) is 6.04 Å². The van der Waals surface area contributed by atoms with Gasteiger partial charge in [-0.05, 0) is 43.7 Å². The lowest BCUT2D eigenvalue weighted by molar-refractivity contribution is -0.144. The van der Waals surface area contributed by atoms with Gasteiger partial charge in [-0.15, -0.1) is 0 Å². The highest BCUT2D eigenvalue weighted by Crippen LogP contribution is 2.28. The zero-order valence-electron chi connectivity index (χ0n) is 14.5. The molecule has 3 rings (SSSR count). The van der Waals surface area contributed by atoms with Crippen LogP contribution in [0.2, 0.25) is 0 Å². The Morgan fingerprint density at radius 1 is 1.33 bits per heavy atom. The first kappa shape index (κ1) is 17.0. The fourth-order valence-electron chi connectivity index (χ4n) is 3.76. The number of carbonyl (C=O) groups excluding carboxylic acids is 2. The van der Waals surface area contributed by atoms with Crippen LogP contribution in [0.4, 0.5) is 0 Å². The molecule has 1 aliphatic heterocycles. The number of nitrogens with zero attached hydrogens (tertiary/aromatic N) is 2. The van der Waals surface area contributed by atoms with Crippen LogP contribution in [0, 0.1) is 5.92 Å². The molecule has 0 spiro atoms. The number of fused-ring (bicyclic) bond motifs is 1. The molecule has 0 radical (unpaired) electrons. The van der Waals surface area contributed by atoms with Crippen LogP contribution in [0.3, 0.4) is 0 Å². The van der Waals surface area contributed by atoms with Crippen molar-refractivity contribution in [2.24, 2.45) is 5.92 Å². The van der Waals surface area contributed by atoms with Gasteiger partial charge in [-0.25, -0.2) is 0 Å². The molecule has 132 valence electrons. The lowest BCUT2D eigenvalue weighted by Gasteiger charge is -2.37. The highest BCUT2D eigenvalue weighted by Gasteiger charge is 2.37. The standard InChI is InChI=1S/C18H27N3O3/c1-13-5-7-14(8-6-13)19-18(23)17-15-4-3-9-20(15)12-16(22)21(17)10-11-24-2/h3-4,9,13-14,17H,5-8,10-12H2,1-2H3,(H,19,23). The van der Waals surface area contributed by atoms with Crippen molar-refractivity contribution in [3.63, 3.8) is 0 Å². The molecule has 1 aromatic rings. The van der Waals surface area contributed by atoms with E-state index in [2.05, 4.69) is 12.2 Å². The van der Waals surface area contributed by atoms with Crippen LogP contribution in [0.5, 0.6) is 0 Å². The second kappa shape index (κ2) is 7.38. The molecule has 6 nitrogen and oxygen atoms in total. The topological polar surface area (TPSA) is 63.6 Å². The SMILES string of the molecule is COCCN1C(=O)Cn2cccc2C1C(=O)NC1CCC(C)CC1. The number of rotatable bonds is 5. The van der Waals surface area contributed by atoms with E-state index in [9.17, 15) is 9.59 Å². The molecule has 0 saturated heterocycles. The lowest BCUT2D eigenvalue weighted by atomic mass is 9.87. The summed E-state index contributed by atoms with van der Waals surface area (Å²) in [4.78, 5) is 27.1. The van der Waals surface area contributed by atoms with Gasteiger partial charge >= 0.3 is 0 Å². The Hall–Kier alpha value is -1.82. The van der Waals surface area contributed by atoms with Crippen molar-refractivity contribution in [1.29, 1.82) is 0 Å². The summed E-state index contributed by atoms with van der Waals surface area (Å²) in [5, 5.41) is 3.18. The number of ether oxygens (including phenoxy) is 1. The zero-order chi connectivity index (χ0) is 17.1. The highest BCUT2D eigenvalue weighted by molar-refractivity contribution is 5.90. The first-order chi connectivity index (χ1) is 11.6. The maximum absolute atomic E-state index is 13.0. The fraction of sp³-hybridized carbons (Fsp3) is 0.667. The molecule has 2 heterocycles. The van der Waals surface area contributed by atoms with E-state index in [0.717, 1.165) is 37.3 Å². The number of carbonyl (C=O) groups is 2. The van der Waals surface area contributed by atoms with Gasteiger partial charge in [0.05, 0.1) is 12.3 Å². The minimum Gasteiger partial charge on any atom is -0.383 e. The Morgan fingerprint density at radius 3 is 2.79 bits per heavy atom. The molecule has 0 aromatic carbocycles. The predicted molar refractivity (Wildman–Crippen MR) is 90.3 cm³/mol. The van der Waals surface area contributed by atoms with Crippen LogP contribution in [-0.4, -0.2) is 47.6 Å². The van der Waals surface area contributed by atoms with E-state index in [-0.39, 0.29) is 24.4 Å². The molecule has 1 atom stereocenters. The van der Waals surface area contributed by atoms with Gasteiger partial charge in [0.25, 0.3) is 0 Å². The highest BCUT2D eigenvalue weighted by atomic mass is 16.5. The maximum atomic E-state index is 13.0. The predicted octanol–water partition coefficient (Wildman–Crippen LogP) is 1.71. The molecule has 1 aliphatic carbocycles. The second-order valence-electron chi connectivity index (χ2n) is 7.01. The Kier molecular flexibility index (Phi) is 5.23. The van der Waals surface area contributed by atoms with E-state index >= 15 is 0 Å². The zero-order valence-corrected chi connectivity index (χ0v) is 14.5. The molecule has 1 fully saturated rings. The van der Waals surface area contributed by atoms with E-state index in [1.165, 1.54) is 0 Å². The van der Waals surface area contributed by atoms with Gasteiger partial charge in [0, 0.05) is 25.9 Å². The van der Waals surface area contributed by atoms with Crippen molar-refractivity contribution >= 4 is 11.8 Å². The van der Waals surface area contributed by atoms with Crippen LogP contribution < -0.4 is 5.32 Å². The van der Waals surface area contributed by atoms with Crippen LogP contribution in [0.15, 0.2) is 18.3 Å². The van der Waals surface area contributed by atoms with Crippen LogP contribution >= 0.6 is 0 Å². The Labute approximate surface area is 143 Å². The van der Waals surface area contributed by atoms with E-state index in [0.29, 0.717) is 13.2 Å². The van der Waals surface area contributed by atoms with Crippen molar-refractivity contribution in [2.75, 3.05) is 20.3 Å². The van der Waals surface area contributed by atoms with E-state index in [4.69, 9.17) is 4.74 Å². The molecule has 1 unspecified atom stereocenters. The number of methoxy groups -OCH3 is 1. The molecule has 2 aliphatic rings. The average Bonchev–Trinajstić information content (AvgIpc) is 3.02. The number of nitrogens with one attached hydrogen (secondary N) is 1. The van der Waals surface area contributed by atoms with E-state index in [1.807, 2.05) is 22.9 Å². The average molecular weight is 333 g/mol. The molecule has 1 saturated carbocycles. The lowest BCUT2D eigenvalue weighted by Crippen LogP contribution is -2.51. The summed E-state index contributed by atoms with van der Waals surface area (Å²) in [5.41, 5.74) is 0.882. The normalized spacial score (nSPS) is 27.0. The summed E-state index contributed by atoms with van der Waals surface area (Å²) in [7, 11) is 1.61. The molecule has 0 bridgehead atoms. The summed E-state index contributed by atoms with van der Waals surface area (Å²) in [6, 6.07) is 3.49. The molecule has 24 heavy (non-hydrogen) atoms. The fourth-order valence-corrected chi connectivity index (χ4v) is 3.76. The van der Waals surface area contributed by atoms with Crippen molar-refractivity contribution in [2.45, 2.75) is 51.2 Å². The Balaban J connectivity index is 1.76. The molecule has 1 N–H and O–H groups in total. The largest absolute Gasteiger partial charge is 0.383 e. The van der Waals surface area contributed by atoms with Gasteiger partial charge in [0.2, 0.25) is 11.8 Å². The van der Waals surface area contributed by atoms with Crippen LogP contribution in [0.1, 0.15) is 44.3 Å². The Morgan fingerprint density at radius 2 is 2.08 bits per heavy atom. The molecule has 1 aromatic heterocycles. The summed E-state index contributed by atoms with van der Waals surface area (Å²) in [6.07, 6.45) is 6.21. The number of aromatic nitrogens is 1. The van der Waals surface area contributed by atoms with E-state index in [1.54, 1.807) is 12.0 Å². The van der Waals surface area contributed by atoms with Gasteiger partial charge < -0.3 is 19.5 Å². The molecular formula is C18H27N3O3. The molecule has 6 heteroatoms. The van der Waals surface area contributed by atoms with Gasteiger partial charge in [-0.3, -0.25) is 9.59 Å². The minimum absolute atomic E-state index is 0.0341. The van der Waals surface area contributed by atoms with Gasteiger partial charge in [-0.2, -0.15) is 0 Å². The summed E-state index contributed by atoms with van der Waals surface area (Å²) >= 11 is 0. The monoisotopic (exact) mass is 333 g/mol. The summed E-state index contributed by atoms with van der Waals surface area (Å²) in [5.74, 6) is 0.636. The Bertz CT molecular complexity index is 590. The third kappa shape index (κ3) is 3.48.